The topological polar surface area (TPSA) is 99.6 Å². The first-order chi connectivity index (χ1) is 18.2. The SMILES string of the molecule is CC(C)CC(C(=O)N[C@@H]1CC[C@@H](C)N(S(=O)(=O)c2ccccn2)C[C@H]1O)c1cccc(-c2ccccc2)c1. The predicted molar refractivity (Wildman–Crippen MR) is 149 cm³/mol. The highest BCUT2D eigenvalue weighted by molar-refractivity contribution is 7.89. The van der Waals surface area contributed by atoms with Gasteiger partial charge in [-0.05, 0) is 60.9 Å². The number of sulfonamides is 1. The minimum Gasteiger partial charge on any atom is -0.390 e. The molecule has 8 heteroatoms. The molecule has 0 spiro atoms. The molecule has 1 aliphatic rings. The van der Waals surface area contributed by atoms with Gasteiger partial charge in [0.15, 0.2) is 5.03 Å². The molecule has 1 fully saturated rings. The molecule has 0 aliphatic carbocycles. The van der Waals surface area contributed by atoms with Gasteiger partial charge in [-0.2, -0.15) is 4.31 Å². The van der Waals surface area contributed by atoms with Crippen LogP contribution in [0.25, 0.3) is 11.1 Å². The number of rotatable bonds is 8. The van der Waals surface area contributed by atoms with E-state index in [0.29, 0.717) is 19.3 Å². The molecule has 0 bridgehead atoms. The molecule has 2 heterocycles. The van der Waals surface area contributed by atoms with E-state index in [9.17, 15) is 18.3 Å². The first-order valence-corrected chi connectivity index (χ1v) is 14.7. The van der Waals surface area contributed by atoms with Crippen LogP contribution in [0.15, 0.2) is 84.0 Å². The molecule has 1 saturated heterocycles. The number of aromatic nitrogens is 1. The number of nitrogens with one attached hydrogen (secondary N) is 1. The highest BCUT2D eigenvalue weighted by atomic mass is 32.2. The Morgan fingerprint density at radius 1 is 1.03 bits per heavy atom. The highest BCUT2D eigenvalue weighted by Gasteiger charge is 2.38. The summed E-state index contributed by atoms with van der Waals surface area (Å²) in [6, 6.07) is 22.0. The zero-order valence-electron chi connectivity index (χ0n) is 22.2. The summed E-state index contributed by atoms with van der Waals surface area (Å²) in [7, 11) is -3.88. The average molecular weight is 536 g/mol. The van der Waals surface area contributed by atoms with Crippen LogP contribution in [0.5, 0.6) is 0 Å². The summed E-state index contributed by atoms with van der Waals surface area (Å²) in [5.74, 6) is -0.259. The molecule has 1 aromatic heterocycles. The van der Waals surface area contributed by atoms with E-state index in [0.717, 1.165) is 16.7 Å². The largest absolute Gasteiger partial charge is 0.390 e. The van der Waals surface area contributed by atoms with Gasteiger partial charge in [-0.1, -0.05) is 74.5 Å². The number of amides is 1. The molecule has 1 aliphatic heterocycles. The smallest absolute Gasteiger partial charge is 0.260 e. The fourth-order valence-corrected chi connectivity index (χ4v) is 6.70. The Balaban J connectivity index is 1.53. The zero-order valence-corrected chi connectivity index (χ0v) is 23.0. The fourth-order valence-electron chi connectivity index (χ4n) is 5.09. The molecule has 38 heavy (non-hydrogen) atoms. The lowest BCUT2D eigenvalue weighted by Crippen LogP contribution is -2.49. The monoisotopic (exact) mass is 535 g/mol. The van der Waals surface area contributed by atoms with Gasteiger partial charge in [0.2, 0.25) is 5.91 Å². The van der Waals surface area contributed by atoms with Crippen molar-refractivity contribution in [3.8, 4) is 11.1 Å². The molecule has 4 rings (SSSR count). The third-order valence-electron chi connectivity index (χ3n) is 7.18. The Labute approximate surface area is 226 Å². The van der Waals surface area contributed by atoms with Crippen molar-refractivity contribution >= 4 is 15.9 Å². The van der Waals surface area contributed by atoms with Crippen LogP contribution in [0.3, 0.4) is 0 Å². The van der Waals surface area contributed by atoms with Gasteiger partial charge in [-0.25, -0.2) is 13.4 Å². The molecule has 2 N–H and O–H groups in total. The quantitative estimate of drug-likeness (QED) is 0.439. The maximum Gasteiger partial charge on any atom is 0.260 e. The van der Waals surface area contributed by atoms with Crippen LogP contribution in [0.2, 0.25) is 0 Å². The summed E-state index contributed by atoms with van der Waals surface area (Å²) in [6.45, 7) is 5.89. The van der Waals surface area contributed by atoms with Gasteiger partial charge in [0, 0.05) is 18.8 Å². The molecule has 2 aromatic carbocycles. The van der Waals surface area contributed by atoms with E-state index < -0.39 is 22.2 Å². The van der Waals surface area contributed by atoms with Crippen molar-refractivity contribution in [3.05, 3.63) is 84.6 Å². The lowest BCUT2D eigenvalue weighted by atomic mass is 9.87. The van der Waals surface area contributed by atoms with Crippen molar-refractivity contribution in [2.75, 3.05) is 6.54 Å². The van der Waals surface area contributed by atoms with Crippen LogP contribution in [-0.4, -0.2) is 53.5 Å². The zero-order chi connectivity index (χ0) is 27.3. The molecular weight excluding hydrogens is 498 g/mol. The van der Waals surface area contributed by atoms with Crippen molar-refractivity contribution < 1.29 is 18.3 Å². The number of pyridine rings is 1. The molecular formula is C30H37N3O4S. The second-order valence-electron chi connectivity index (χ2n) is 10.5. The second kappa shape index (κ2) is 12.2. The highest BCUT2D eigenvalue weighted by Crippen LogP contribution is 2.30. The van der Waals surface area contributed by atoms with E-state index in [1.54, 1.807) is 12.1 Å². The number of carbonyl (C=O) groups is 1. The molecule has 4 atom stereocenters. The third-order valence-corrected chi connectivity index (χ3v) is 9.07. The second-order valence-corrected chi connectivity index (χ2v) is 12.4. The van der Waals surface area contributed by atoms with E-state index >= 15 is 0 Å². The van der Waals surface area contributed by atoms with Crippen LogP contribution in [0.4, 0.5) is 0 Å². The summed E-state index contributed by atoms with van der Waals surface area (Å²) in [5.41, 5.74) is 3.05. The van der Waals surface area contributed by atoms with E-state index in [4.69, 9.17) is 0 Å². The fraction of sp³-hybridized carbons (Fsp3) is 0.400. The maximum absolute atomic E-state index is 13.7. The first-order valence-electron chi connectivity index (χ1n) is 13.2. The average Bonchev–Trinajstić information content (AvgIpc) is 3.06. The number of carbonyl (C=O) groups excluding carboxylic acids is 1. The number of aliphatic hydroxyl groups excluding tert-OH is 1. The molecule has 1 unspecified atom stereocenters. The predicted octanol–water partition coefficient (Wildman–Crippen LogP) is 4.60. The lowest BCUT2D eigenvalue weighted by molar-refractivity contribution is -0.124. The standard InChI is InChI=1S/C30H37N3O4S/c1-21(2)18-26(25-13-9-12-24(19-25)23-10-5-4-6-11-23)30(35)32-27-16-15-22(3)33(20-28(27)34)38(36,37)29-14-7-8-17-31-29/h4-14,17,19,21-22,26-28,34H,15-16,18,20H2,1-3H3,(H,32,35)/t22-,26?,27-,28-/m1/s1. The molecule has 3 aromatic rings. The van der Waals surface area contributed by atoms with Crippen LogP contribution in [-0.2, 0) is 14.8 Å². The van der Waals surface area contributed by atoms with E-state index in [2.05, 4.69) is 30.2 Å². The molecule has 0 radical (unpaired) electrons. The van der Waals surface area contributed by atoms with Crippen molar-refractivity contribution in [2.45, 2.75) is 69.2 Å². The Hall–Kier alpha value is -3.07. The normalized spacial score (nSPS) is 21.6. The van der Waals surface area contributed by atoms with Crippen molar-refractivity contribution in [3.63, 3.8) is 0 Å². The van der Waals surface area contributed by atoms with Crippen LogP contribution in [0, 0.1) is 5.92 Å². The number of benzene rings is 2. The lowest BCUT2D eigenvalue weighted by Gasteiger charge is -2.28. The van der Waals surface area contributed by atoms with Gasteiger partial charge >= 0.3 is 0 Å². The maximum atomic E-state index is 13.7. The Kier molecular flexibility index (Phi) is 8.97. The summed E-state index contributed by atoms with van der Waals surface area (Å²) in [5, 5.41) is 14.1. The number of hydrogen-bond donors (Lipinski definition) is 2. The van der Waals surface area contributed by atoms with E-state index in [1.165, 1.54) is 16.6 Å². The summed E-state index contributed by atoms with van der Waals surface area (Å²) < 4.78 is 27.8. The minimum atomic E-state index is -3.88. The van der Waals surface area contributed by atoms with Gasteiger partial charge < -0.3 is 10.4 Å². The number of aliphatic hydroxyl groups is 1. The molecule has 202 valence electrons. The molecule has 1 amide bonds. The van der Waals surface area contributed by atoms with E-state index in [1.807, 2.05) is 55.5 Å². The molecule has 7 nitrogen and oxygen atoms in total. The van der Waals surface area contributed by atoms with Crippen LogP contribution >= 0.6 is 0 Å². The van der Waals surface area contributed by atoms with Crippen LogP contribution in [0.1, 0.15) is 51.5 Å². The Morgan fingerprint density at radius 3 is 2.42 bits per heavy atom. The van der Waals surface area contributed by atoms with Crippen LogP contribution < -0.4 is 5.32 Å². The molecule has 0 saturated carbocycles. The number of β-amino-alcohol motifs (C(OH)–C–C–N with tert-alkyl or cyclic N) is 1. The summed E-state index contributed by atoms with van der Waals surface area (Å²) in [6.07, 6.45) is 2.03. The van der Waals surface area contributed by atoms with Crippen molar-refractivity contribution in [2.24, 2.45) is 5.92 Å². The van der Waals surface area contributed by atoms with Gasteiger partial charge in [0.1, 0.15) is 0 Å². The Morgan fingerprint density at radius 2 is 1.74 bits per heavy atom. The third kappa shape index (κ3) is 6.49. The summed E-state index contributed by atoms with van der Waals surface area (Å²) in [4.78, 5) is 17.7. The minimum absolute atomic E-state index is 0.0446. The van der Waals surface area contributed by atoms with Gasteiger partial charge in [-0.15, -0.1) is 0 Å². The van der Waals surface area contributed by atoms with Gasteiger partial charge in [0.05, 0.1) is 18.1 Å². The number of nitrogens with zero attached hydrogens (tertiary/aromatic N) is 2. The van der Waals surface area contributed by atoms with Crippen molar-refractivity contribution in [1.82, 2.24) is 14.6 Å². The van der Waals surface area contributed by atoms with Gasteiger partial charge in [-0.3, -0.25) is 4.79 Å². The first kappa shape index (κ1) is 28.0. The Bertz CT molecular complexity index is 1320. The summed E-state index contributed by atoms with van der Waals surface area (Å²) >= 11 is 0. The number of hydrogen-bond acceptors (Lipinski definition) is 5. The van der Waals surface area contributed by atoms with Crippen molar-refractivity contribution in [1.29, 1.82) is 0 Å². The van der Waals surface area contributed by atoms with E-state index in [-0.39, 0.29) is 35.4 Å². The van der Waals surface area contributed by atoms with Gasteiger partial charge in [0.25, 0.3) is 10.0 Å².